The highest BCUT2D eigenvalue weighted by atomic mass is 79.9. The average Bonchev–Trinajstić information content (AvgIpc) is 2.45. The fourth-order valence-electron chi connectivity index (χ4n) is 0.854. The Balaban J connectivity index is 2.96. The van der Waals surface area contributed by atoms with Gasteiger partial charge < -0.3 is 9.15 Å². The van der Waals surface area contributed by atoms with E-state index in [0.717, 1.165) is 11.3 Å². The fraction of sp³-hybridized carbons (Fsp3) is 0.375. The number of furan rings is 1. The third-order valence-corrected chi connectivity index (χ3v) is 2.16. The van der Waals surface area contributed by atoms with E-state index in [9.17, 15) is 4.79 Å². The third kappa shape index (κ3) is 1.69. The van der Waals surface area contributed by atoms with Gasteiger partial charge in [-0.25, -0.2) is 4.79 Å². The van der Waals surface area contributed by atoms with Crippen molar-refractivity contribution in [3.8, 4) is 0 Å². The van der Waals surface area contributed by atoms with Crippen molar-refractivity contribution in [2.24, 2.45) is 0 Å². The molecule has 3 nitrogen and oxygen atoms in total. The molecule has 0 amide bonds. The van der Waals surface area contributed by atoms with Crippen molar-refractivity contribution in [2.75, 3.05) is 7.11 Å². The Hall–Kier alpha value is -0.770. The minimum Gasteiger partial charge on any atom is -0.463 e. The fourth-order valence-corrected chi connectivity index (χ4v) is 1.41. The van der Waals surface area contributed by atoms with Crippen molar-refractivity contribution in [2.45, 2.75) is 12.3 Å². The van der Waals surface area contributed by atoms with E-state index in [1.807, 2.05) is 6.92 Å². The summed E-state index contributed by atoms with van der Waals surface area (Å²) in [6.45, 7) is 1.81. The van der Waals surface area contributed by atoms with E-state index in [0.29, 0.717) is 5.33 Å². The smallest absolute Gasteiger partial charge is 0.373 e. The first kappa shape index (κ1) is 9.32. The molecule has 0 fully saturated rings. The monoisotopic (exact) mass is 232 g/mol. The summed E-state index contributed by atoms with van der Waals surface area (Å²) in [4.78, 5) is 11.0. The molecule has 0 atom stereocenters. The molecule has 0 bridgehead atoms. The Morgan fingerprint density at radius 3 is 2.83 bits per heavy atom. The molecule has 0 aliphatic carbocycles. The normalized spacial score (nSPS) is 9.92. The zero-order valence-corrected chi connectivity index (χ0v) is 8.47. The SMILES string of the molecule is COC(=O)c1cc(CBr)c(C)o1. The maximum absolute atomic E-state index is 11.0. The number of carbonyl (C=O) groups is 1. The second kappa shape index (κ2) is 3.76. The van der Waals surface area contributed by atoms with Crippen molar-refractivity contribution in [3.63, 3.8) is 0 Å². The molecule has 66 valence electrons. The third-order valence-electron chi connectivity index (χ3n) is 1.55. The Morgan fingerprint density at radius 1 is 1.75 bits per heavy atom. The molecule has 0 unspecified atom stereocenters. The zero-order chi connectivity index (χ0) is 9.14. The van der Waals surface area contributed by atoms with Gasteiger partial charge in [-0.2, -0.15) is 0 Å². The van der Waals surface area contributed by atoms with Crippen molar-refractivity contribution in [3.05, 3.63) is 23.2 Å². The van der Waals surface area contributed by atoms with Crippen LogP contribution < -0.4 is 0 Å². The summed E-state index contributed by atoms with van der Waals surface area (Å²) >= 11 is 3.28. The summed E-state index contributed by atoms with van der Waals surface area (Å²) in [7, 11) is 1.33. The first-order valence-corrected chi connectivity index (χ1v) is 4.54. The number of alkyl halides is 1. The van der Waals surface area contributed by atoms with Gasteiger partial charge in [0.15, 0.2) is 0 Å². The number of hydrogen-bond donors (Lipinski definition) is 0. The second-order valence-corrected chi connectivity index (χ2v) is 2.88. The second-order valence-electron chi connectivity index (χ2n) is 2.32. The van der Waals surface area contributed by atoms with Crippen molar-refractivity contribution in [1.29, 1.82) is 0 Å². The summed E-state index contributed by atoms with van der Waals surface area (Å²) < 4.78 is 9.65. The highest BCUT2D eigenvalue weighted by Crippen LogP contribution is 2.17. The van der Waals surface area contributed by atoms with Crippen molar-refractivity contribution < 1.29 is 13.9 Å². The van der Waals surface area contributed by atoms with Gasteiger partial charge in [0.25, 0.3) is 0 Å². The Bertz CT molecular complexity index is 290. The van der Waals surface area contributed by atoms with E-state index in [-0.39, 0.29) is 5.76 Å². The van der Waals surface area contributed by atoms with Gasteiger partial charge in [-0.1, -0.05) is 15.9 Å². The molecule has 1 aromatic rings. The summed E-state index contributed by atoms with van der Waals surface area (Å²) in [6, 6.07) is 1.68. The summed E-state index contributed by atoms with van der Waals surface area (Å²) in [5.74, 6) is 0.557. The summed E-state index contributed by atoms with van der Waals surface area (Å²) in [5.41, 5.74) is 0.968. The minimum absolute atomic E-state index is 0.254. The Morgan fingerprint density at radius 2 is 2.42 bits per heavy atom. The molecule has 0 aliphatic rings. The van der Waals surface area contributed by atoms with Gasteiger partial charge in [-0.3, -0.25) is 0 Å². The quantitative estimate of drug-likeness (QED) is 0.581. The number of hydrogen-bond acceptors (Lipinski definition) is 3. The van der Waals surface area contributed by atoms with Gasteiger partial charge in [-0.05, 0) is 13.0 Å². The van der Waals surface area contributed by atoms with Gasteiger partial charge in [0.05, 0.1) is 7.11 Å². The number of rotatable bonds is 2. The van der Waals surface area contributed by atoms with E-state index in [1.54, 1.807) is 6.07 Å². The molecular weight excluding hydrogens is 224 g/mol. The number of esters is 1. The maximum atomic E-state index is 11.0. The van der Waals surface area contributed by atoms with E-state index >= 15 is 0 Å². The highest BCUT2D eigenvalue weighted by molar-refractivity contribution is 9.08. The predicted octanol–water partition coefficient (Wildman–Crippen LogP) is 2.27. The van der Waals surface area contributed by atoms with Crippen LogP contribution in [-0.2, 0) is 10.1 Å². The minimum atomic E-state index is -0.440. The Labute approximate surface area is 78.8 Å². The zero-order valence-electron chi connectivity index (χ0n) is 6.89. The molecule has 0 saturated heterocycles. The van der Waals surface area contributed by atoms with Crippen LogP contribution in [0, 0.1) is 6.92 Å². The van der Waals surface area contributed by atoms with Crippen molar-refractivity contribution in [1.82, 2.24) is 0 Å². The lowest BCUT2D eigenvalue weighted by molar-refractivity contribution is 0.0563. The first-order valence-electron chi connectivity index (χ1n) is 3.42. The van der Waals surface area contributed by atoms with Gasteiger partial charge in [0, 0.05) is 10.9 Å². The number of halogens is 1. The number of methoxy groups -OCH3 is 1. The topological polar surface area (TPSA) is 39.4 Å². The van der Waals surface area contributed by atoms with E-state index in [2.05, 4.69) is 20.7 Å². The number of aryl methyl sites for hydroxylation is 1. The van der Waals surface area contributed by atoms with Crippen LogP contribution in [0.5, 0.6) is 0 Å². The first-order chi connectivity index (χ1) is 5.69. The van der Waals surface area contributed by atoms with Crippen LogP contribution in [0.15, 0.2) is 10.5 Å². The molecule has 0 spiro atoms. The average molecular weight is 233 g/mol. The molecular formula is C8H9BrO3. The van der Waals surface area contributed by atoms with Crippen molar-refractivity contribution >= 4 is 21.9 Å². The van der Waals surface area contributed by atoms with Crippen LogP contribution in [0.4, 0.5) is 0 Å². The van der Waals surface area contributed by atoms with Gasteiger partial charge in [-0.15, -0.1) is 0 Å². The van der Waals surface area contributed by atoms with E-state index in [1.165, 1.54) is 7.11 Å². The van der Waals surface area contributed by atoms with Crippen LogP contribution in [0.2, 0.25) is 0 Å². The Kier molecular flexibility index (Phi) is 2.92. The van der Waals surface area contributed by atoms with E-state index in [4.69, 9.17) is 4.42 Å². The lowest BCUT2D eigenvalue weighted by atomic mass is 10.3. The lowest BCUT2D eigenvalue weighted by Crippen LogP contribution is -1.98. The van der Waals surface area contributed by atoms with Gasteiger partial charge >= 0.3 is 5.97 Å². The van der Waals surface area contributed by atoms with E-state index < -0.39 is 5.97 Å². The maximum Gasteiger partial charge on any atom is 0.373 e. The van der Waals surface area contributed by atoms with Gasteiger partial charge in [0.1, 0.15) is 5.76 Å². The molecule has 0 saturated carbocycles. The molecule has 1 heterocycles. The molecule has 1 aromatic heterocycles. The molecule has 12 heavy (non-hydrogen) atoms. The van der Waals surface area contributed by atoms with Crippen LogP contribution in [0.25, 0.3) is 0 Å². The van der Waals surface area contributed by atoms with Crippen LogP contribution >= 0.6 is 15.9 Å². The largest absolute Gasteiger partial charge is 0.463 e. The number of carbonyl (C=O) groups excluding carboxylic acids is 1. The molecule has 4 heteroatoms. The van der Waals surface area contributed by atoms with Crippen LogP contribution in [-0.4, -0.2) is 13.1 Å². The molecule has 0 N–H and O–H groups in total. The van der Waals surface area contributed by atoms with Crippen LogP contribution in [0.3, 0.4) is 0 Å². The molecule has 0 aliphatic heterocycles. The molecule has 1 rings (SSSR count). The highest BCUT2D eigenvalue weighted by Gasteiger charge is 2.13. The standard InChI is InChI=1S/C8H9BrO3/c1-5-6(4-9)3-7(12-5)8(10)11-2/h3H,4H2,1-2H3. The number of ether oxygens (including phenoxy) is 1. The summed E-state index contributed by atoms with van der Waals surface area (Å²) in [5, 5.41) is 0.680. The molecule has 0 radical (unpaired) electrons. The molecule has 0 aromatic carbocycles. The van der Waals surface area contributed by atoms with Crippen LogP contribution in [0.1, 0.15) is 21.9 Å². The lowest BCUT2D eigenvalue weighted by Gasteiger charge is -1.90. The predicted molar refractivity (Wildman–Crippen MR) is 47.4 cm³/mol. The summed E-state index contributed by atoms with van der Waals surface area (Å²) in [6.07, 6.45) is 0. The van der Waals surface area contributed by atoms with Gasteiger partial charge in [0.2, 0.25) is 5.76 Å².